The van der Waals surface area contributed by atoms with Gasteiger partial charge in [-0.1, -0.05) is 23.9 Å². The lowest BCUT2D eigenvalue weighted by Crippen LogP contribution is -2.49. The van der Waals surface area contributed by atoms with Crippen molar-refractivity contribution in [3.05, 3.63) is 36.0 Å². The molecule has 7 heteroatoms. The van der Waals surface area contributed by atoms with Crippen LogP contribution in [-0.2, 0) is 16.6 Å². The second-order valence-corrected chi connectivity index (χ2v) is 6.79. The minimum atomic E-state index is -1.23. The molecule has 2 aromatic rings. The molecule has 6 nitrogen and oxygen atoms in total. The monoisotopic (exact) mass is 316 g/mol. The lowest BCUT2D eigenvalue weighted by molar-refractivity contribution is -0.126. The van der Waals surface area contributed by atoms with Crippen molar-refractivity contribution in [3.63, 3.8) is 0 Å². The van der Waals surface area contributed by atoms with Gasteiger partial charge in [0, 0.05) is 18.0 Å². The summed E-state index contributed by atoms with van der Waals surface area (Å²) in [6.45, 7) is 3.47. The molecule has 1 aliphatic rings. The minimum Gasteiger partial charge on any atom is -0.323 e. The Balaban J connectivity index is 1.88. The number of benzene rings is 1. The van der Waals surface area contributed by atoms with Crippen molar-refractivity contribution in [1.29, 1.82) is 0 Å². The van der Waals surface area contributed by atoms with Crippen LogP contribution in [0, 0.1) is 6.92 Å². The number of para-hydroxylation sites is 1. The van der Waals surface area contributed by atoms with E-state index in [2.05, 4.69) is 15.7 Å². The highest BCUT2D eigenvalue weighted by atomic mass is 32.2. The normalized spacial score (nSPS) is 20.2. The standard InChI is InChI=1S/C15H16N4O2S/c1-9-8-12(19(3)18-9)17-14(21)15(2)13(20)16-10-6-4-5-7-11(10)22-15/h4-8H,1-3H3,(H,16,20)(H,17,21). The first-order valence-corrected chi connectivity index (χ1v) is 7.63. The van der Waals surface area contributed by atoms with Crippen LogP contribution in [0.15, 0.2) is 35.2 Å². The Kier molecular flexibility index (Phi) is 3.44. The van der Waals surface area contributed by atoms with E-state index < -0.39 is 4.75 Å². The van der Waals surface area contributed by atoms with Crippen molar-refractivity contribution in [3.8, 4) is 0 Å². The molecule has 0 saturated heterocycles. The van der Waals surface area contributed by atoms with Gasteiger partial charge < -0.3 is 10.6 Å². The van der Waals surface area contributed by atoms with Crippen LogP contribution < -0.4 is 10.6 Å². The van der Waals surface area contributed by atoms with Crippen LogP contribution in [0.2, 0.25) is 0 Å². The smallest absolute Gasteiger partial charge is 0.251 e. The average molecular weight is 316 g/mol. The van der Waals surface area contributed by atoms with Gasteiger partial charge >= 0.3 is 0 Å². The summed E-state index contributed by atoms with van der Waals surface area (Å²) in [6, 6.07) is 9.20. The third-order valence-corrected chi connectivity index (χ3v) is 4.91. The number of rotatable bonds is 2. The van der Waals surface area contributed by atoms with E-state index in [1.165, 1.54) is 11.8 Å². The third-order valence-electron chi connectivity index (χ3n) is 3.56. The lowest BCUT2D eigenvalue weighted by atomic mass is 10.1. The summed E-state index contributed by atoms with van der Waals surface area (Å²) in [6.07, 6.45) is 0. The van der Waals surface area contributed by atoms with Gasteiger partial charge in [-0.2, -0.15) is 5.10 Å². The van der Waals surface area contributed by atoms with E-state index >= 15 is 0 Å². The van der Waals surface area contributed by atoms with E-state index in [0.717, 1.165) is 16.3 Å². The molecule has 0 spiro atoms. The van der Waals surface area contributed by atoms with E-state index in [1.54, 1.807) is 24.7 Å². The molecule has 22 heavy (non-hydrogen) atoms. The van der Waals surface area contributed by atoms with Crippen LogP contribution in [0.1, 0.15) is 12.6 Å². The zero-order chi connectivity index (χ0) is 15.9. The molecule has 0 saturated carbocycles. The molecule has 2 amide bonds. The predicted octanol–water partition coefficient (Wildman–Crippen LogP) is 2.17. The maximum atomic E-state index is 12.6. The zero-order valence-electron chi connectivity index (χ0n) is 12.5. The molecule has 2 N–H and O–H groups in total. The zero-order valence-corrected chi connectivity index (χ0v) is 13.3. The van der Waals surface area contributed by atoms with Gasteiger partial charge in [-0.15, -0.1) is 0 Å². The van der Waals surface area contributed by atoms with Crippen LogP contribution in [0.5, 0.6) is 0 Å². The molecule has 1 aliphatic heterocycles. The Morgan fingerprint density at radius 1 is 1.41 bits per heavy atom. The highest BCUT2D eigenvalue weighted by Crippen LogP contribution is 2.42. The Hall–Kier alpha value is -2.28. The van der Waals surface area contributed by atoms with Gasteiger partial charge in [0.1, 0.15) is 5.82 Å². The number of aromatic nitrogens is 2. The van der Waals surface area contributed by atoms with E-state index in [0.29, 0.717) is 5.82 Å². The molecular formula is C15H16N4O2S. The maximum absolute atomic E-state index is 12.6. The quantitative estimate of drug-likeness (QED) is 0.833. The molecule has 1 atom stereocenters. The second-order valence-electron chi connectivity index (χ2n) is 5.33. The van der Waals surface area contributed by atoms with Crippen molar-refractivity contribution in [2.75, 3.05) is 10.6 Å². The number of carbonyl (C=O) groups is 2. The molecule has 3 rings (SSSR count). The van der Waals surface area contributed by atoms with Crippen molar-refractivity contribution in [2.45, 2.75) is 23.5 Å². The maximum Gasteiger partial charge on any atom is 0.251 e. The highest BCUT2D eigenvalue weighted by Gasteiger charge is 2.46. The number of thioether (sulfide) groups is 1. The van der Waals surface area contributed by atoms with Gasteiger partial charge in [0.25, 0.3) is 5.91 Å². The van der Waals surface area contributed by atoms with Crippen molar-refractivity contribution in [1.82, 2.24) is 9.78 Å². The molecule has 1 aromatic carbocycles. The van der Waals surface area contributed by atoms with E-state index in [1.807, 2.05) is 31.2 Å². The molecule has 1 aromatic heterocycles. The largest absolute Gasteiger partial charge is 0.323 e. The number of nitrogens with one attached hydrogen (secondary N) is 2. The van der Waals surface area contributed by atoms with Crippen molar-refractivity contribution in [2.24, 2.45) is 7.05 Å². The first-order chi connectivity index (χ1) is 10.4. The number of anilines is 2. The number of hydrogen-bond acceptors (Lipinski definition) is 4. The second kappa shape index (κ2) is 5.17. The number of aryl methyl sites for hydroxylation is 2. The number of hydrogen-bond donors (Lipinski definition) is 2. The summed E-state index contributed by atoms with van der Waals surface area (Å²) in [4.78, 5) is 25.9. The van der Waals surface area contributed by atoms with E-state index in [-0.39, 0.29) is 11.8 Å². The summed E-state index contributed by atoms with van der Waals surface area (Å²) in [7, 11) is 1.74. The Morgan fingerprint density at radius 2 is 2.14 bits per heavy atom. The van der Waals surface area contributed by atoms with Crippen molar-refractivity contribution >= 4 is 35.1 Å². The summed E-state index contributed by atoms with van der Waals surface area (Å²) in [5, 5.41) is 9.76. The lowest BCUT2D eigenvalue weighted by Gasteiger charge is -2.31. The van der Waals surface area contributed by atoms with Crippen LogP contribution in [0.3, 0.4) is 0 Å². The average Bonchev–Trinajstić information content (AvgIpc) is 2.78. The third kappa shape index (κ3) is 2.37. The van der Waals surface area contributed by atoms with Crippen LogP contribution in [-0.4, -0.2) is 26.3 Å². The fourth-order valence-electron chi connectivity index (χ4n) is 2.28. The first-order valence-electron chi connectivity index (χ1n) is 6.82. The molecule has 2 heterocycles. The number of nitrogens with zero attached hydrogens (tertiary/aromatic N) is 2. The van der Waals surface area contributed by atoms with Gasteiger partial charge in [0.2, 0.25) is 5.91 Å². The molecule has 0 radical (unpaired) electrons. The van der Waals surface area contributed by atoms with Gasteiger partial charge in [-0.25, -0.2) is 0 Å². The molecule has 0 fully saturated rings. The Morgan fingerprint density at radius 3 is 2.82 bits per heavy atom. The fourth-order valence-corrected chi connectivity index (χ4v) is 3.38. The molecular weight excluding hydrogens is 300 g/mol. The van der Waals surface area contributed by atoms with Gasteiger partial charge in [0.05, 0.1) is 11.4 Å². The van der Waals surface area contributed by atoms with Gasteiger partial charge in [-0.3, -0.25) is 14.3 Å². The number of amides is 2. The molecule has 0 bridgehead atoms. The summed E-state index contributed by atoms with van der Waals surface area (Å²) in [5.41, 5.74) is 1.54. The van der Waals surface area contributed by atoms with Gasteiger partial charge in [0.15, 0.2) is 4.75 Å². The molecule has 114 valence electrons. The van der Waals surface area contributed by atoms with E-state index in [9.17, 15) is 9.59 Å². The topological polar surface area (TPSA) is 76.0 Å². The Bertz CT molecular complexity index is 771. The predicted molar refractivity (Wildman–Crippen MR) is 85.9 cm³/mol. The summed E-state index contributed by atoms with van der Waals surface area (Å²) in [5.74, 6) is -0.129. The first kappa shape index (κ1) is 14.6. The van der Waals surface area contributed by atoms with Crippen molar-refractivity contribution < 1.29 is 9.59 Å². The summed E-state index contributed by atoms with van der Waals surface area (Å²) >= 11 is 1.25. The van der Waals surface area contributed by atoms with E-state index in [4.69, 9.17) is 0 Å². The molecule has 0 aliphatic carbocycles. The number of carbonyl (C=O) groups excluding carboxylic acids is 2. The SMILES string of the molecule is Cc1cc(NC(=O)C2(C)Sc3ccccc3NC2=O)n(C)n1. The molecule has 1 unspecified atom stereocenters. The summed E-state index contributed by atoms with van der Waals surface area (Å²) < 4.78 is 0.350. The number of fused-ring (bicyclic) bond motifs is 1. The van der Waals surface area contributed by atoms with Crippen LogP contribution in [0.25, 0.3) is 0 Å². The van der Waals surface area contributed by atoms with Crippen LogP contribution in [0.4, 0.5) is 11.5 Å². The highest BCUT2D eigenvalue weighted by molar-refractivity contribution is 8.02. The fraction of sp³-hybridized carbons (Fsp3) is 0.267. The van der Waals surface area contributed by atoms with Crippen LogP contribution >= 0.6 is 11.8 Å². The Labute approximate surface area is 132 Å². The van der Waals surface area contributed by atoms with Gasteiger partial charge in [-0.05, 0) is 26.0 Å². The minimum absolute atomic E-state index is 0.326.